The number of carboxylic acid groups (broad SMARTS) is 1. The molecule has 0 aliphatic rings. The summed E-state index contributed by atoms with van der Waals surface area (Å²) in [4.78, 5) is 27.9. The average molecular weight is 456 g/mol. The fraction of sp³-hybridized carbons (Fsp3) is 0.174. The summed E-state index contributed by atoms with van der Waals surface area (Å²) in [6.45, 7) is 0. The second kappa shape index (κ2) is 11.7. The summed E-state index contributed by atoms with van der Waals surface area (Å²) in [5.41, 5.74) is 3.38. The minimum absolute atomic E-state index is 0. The molecule has 2 atom stereocenters. The quantitative estimate of drug-likeness (QED) is 0.455. The second-order valence-corrected chi connectivity index (χ2v) is 8.14. The molecule has 1 unspecified atom stereocenters. The summed E-state index contributed by atoms with van der Waals surface area (Å²) in [6.07, 6.45) is 3.02. The van der Waals surface area contributed by atoms with Gasteiger partial charge in [-0.2, -0.15) is 0 Å². The number of amides is 1. The number of nitrogens with zero attached hydrogens (tertiary/aromatic N) is 1. The molecule has 0 aliphatic carbocycles. The first-order valence-electron chi connectivity index (χ1n) is 9.64. The highest BCUT2D eigenvalue weighted by Gasteiger charge is 2.18. The van der Waals surface area contributed by atoms with Gasteiger partial charge >= 0.3 is 5.97 Å². The summed E-state index contributed by atoms with van der Waals surface area (Å²) in [5.74, 6) is -1.02. The van der Waals surface area contributed by atoms with Crippen LogP contribution in [0.15, 0.2) is 72.9 Å². The molecule has 3 rings (SSSR count). The van der Waals surface area contributed by atoms with Gasteiger partial charge in [-0.25, -0.2) is 9.19 Å². The van der Waals surface area contributed by atoms with E-state index in [0.717, 1.165) is 16.7 Å². The van der Waals surface area contributed by atoms with E-state index in [1.165, 1.54) is 12.5 Å². The van der Waals surface area contributed by atoms with Gasteiger partial charge in [0, 0.05) is 18.5 Å². The Morgan fingerprint density at radius 3 is 2.22 bits per heavy atom. The molecule has 2 aromatic carbocycles. The summed E-state index contributed by atoms with van der Waals surface area (Å²) in [6, 6.07) is 20.3. The molecule has 1 amide bonds. The van der Waals surface area contributed by atoms with Crippen molar-refractivity contribution in [3.63, 3.8) is 0 Å². The molecule has 8 nitrogen and oxygen atoms in total. The zero-order valence-electron chi connectivity index (χ0n) is 17.4. The van der Waals surface area contributed by atoms with Crippen molar-refractivity contribution in [2.75, 3.05) is 11.0 Å². The lowest BCUT2D eigenvalue weighted by molar-refractivity contribution is -0.137. The number of carboxylic acids is 1. The molecule has 3 aromatic rings. The predicted octanol–water partition coefficient (Wildman–Crippen LogP) is 2.45. The lowest BCUT2D eigenvalue weighted by Gasteiger charge is -2.17. The van der Waals surface area contributed by atoms with Gasteiger partial charge in [0.25, 0.3) is 5.91 Å². The van der Waals surface area contributed by atoms with Crippen molar-refractivity contribution in [2.24, 2.45) is 0 Å². The highest BCUT2D eigenvalue weighted by Crippen LogP contribution is 2.20. The lowest BCUT2D eigenvalue weighted by atomic mass is 9.99. The topological polar surface area (TPSA) is 140 Å². The number of hydrogen-bond donors (Lipinski definition) is 3. The second-order valence-electron chi connectivity index (χ2n) is 7.02. The van der Waals surface area contributed by atoms with Crippen LogP contribution in [0.5, 0.6) is 0 Å². The monoisotopic (exact) mass is 455 g/mol. The number of nitrogens with one attached hydrogen (secondary N) is 2. The zero-order chi connectivity index (χ0) is 22.2. The van der Waals surface area contributed by atoms with Gasteiger partial charge in [0.2, 0.25) is 0 Å². The van der Waals surface area contributed by atoms with Crippen molar-refractivity contribution in [1.82, 2.24) is 10.3 Å². The molecule has 5 N–H and O–H groups in total. The minimum Gasteiger partial charge on any atom is -0.481 e. The smallest absolute Gasteiger partial charge is 0.305 e. The predicted molar refractivity (Wildman–Crippen MR) is 125 cm³/mol. The van der Waals surface area contributed by atoms with E-state index in [-0.39, 0.29) is 11.9 Å². The fourth-order valence-electron chi connectivity index (χ4n) is 3.14. The van der Waals surface area contributed by atoms with Crippen LogP contribution >= 0.6 is 0 Å². The van der Waals surface area contributed by atoms with Gasteiger partial charge in [0.1, 0.15) is 16.8 Å². The maximum absolute atomic E-state index is 12.6. The Kier molecular flexibility index (Phi) is 9.06. The normalized spacial score (nSPS) is 12.2. The summed E-state index contributed by atoms with van der Waals surface area (Å²) >= 11 is 0. The lowest BCUT2D eigenvalue weighted by Crippen LogP contribution is -2.38. The molecule has 32 heavy (non-hydrogen) atoms. The number of benzene rings is 2. The minimum atomic E-state index is -1.26. The van der Waals surface area contributed by atoms with E-state index in [4.69, 9.17) is 0 Å². The maximum Gasteiger partial charge on any atom is 0.305 e. The molecule has 1 aromatic heterocycles. The first kappa shape index (κ1) is 24.7. The van der Waals surface area contributed by atoms with Crippen molar-refractivity contribution >= 4 is 28.7 Å². The Labute approximate surface area is 188 Å². The van der Waals surface area contributed by atoms with Crippen LogP contribution in [0.4, 0.5) is 5.82 Å². The van der Waals surface area contributed by atoms with Crippen LogP contribution in [0.25, 0.3) is 11.1 Å². The standard InChI is InChI=1S/C23H23N3O4S.H2O/c1-31(30)26-21-12-11-19(15-24-21)23(29)25-20(14-22(27)28)13-16-7-9-18(10-8-16)17-5-3-2-4-6-17;/h2-12,15,20H,13-14H2,1H3,(H,24,26)(H,25,29)(H,27,28);1H2/t20-,31?;/m1./s1. The van der Waals surface area contributed by atoms with E-state index in [0.29, 0.717) is 17.8 Å². The molecule has 0 spiro atoms. The Balaban J connectivity index is 0.00000363. The summed E-state index contributed by atoms with van der Waals surface area (Å²) in [7, 11) is -1.26. The molecule has 1 heterocycles. The third-order valence-corrected chi connectivity index (χ3v) is 5.07. The van der Waals surface area contributed by atoms with Crippen molar-refractivity contribution in [3.05, 3.63) is 84.1 Å². The Bertz CT molecular complexity index is 1060. The first-order valence-corrected chi connectivity index (χ1v) is 11.2. The van der Waals surface area contributed by atoms with Gasteiger partial charge in [0.05, 0.1) is 12.0 Å². The molecule has 0 radical (unpaired) electrons. The van der Waals surface area contributed by atoms with E-state index in [2.05, 4.69) is 15.0 Å². The highest BCUT2D eigenvalue weighted by atomic mass is 32.2. The molecular formula is C23H25N3O5S. The van der Waals surface area contributed by atoms with Crippen molar-refractivity contribution < 1.29 is 24.4 Å². The number of aliphatic carboxylic acids is 1. The Morgan fingerprint density at radius 2 is 1.66 bits per heavy atom. The van der Waals surface area contributed by atoms with Gasteiger partial charge in [-0.15, -0.1) is 0 Å². The molecule has 0 fully saturated rings. The van der Waals surface area contributed by atoms with Crippen molar-refractivity contribution in [1.29, 1.82) is 0 Å². The van der Waals surface area contributed by atoms with E-state index in [9.17, 15) is 18.9 Å². The van der Waals surface area contributed by atoms with E-state index >= 15 is 0 Å². The van der Waals surface area contributed by atoms with Gasteiger partial charge < -0.3 is 15.9 Å². The number of anilines is 1. The molecule has 0 bridgehead atoms. The van der Waals surface area contributed by atoms with Crippen LogP contribution in [0.1, 0.15) is 22.3 Å². The van der Waals surface area contributed by atoms with E-state index < -0.39 is 28.9 Å². The molecule has 0 saturated heterocycles. The van der Waals surface area contributed by atoms with Crippen LogP contribution in [0, 0.1) is 0 Å². The zero-order valence-corrected chi connectivity index (χ0v) is 18.3. The van der Waals surface area contributed by atoms with Crippen molar-refractivity contribution in [3.8, 4) is 11.1 Å². The van der Waals surface area contributed by atoms with Gasteiger partial charge in [-0.1, -0.05) is 54.6 Å². The Morgan fingerprint density at radius 1 is 1.00 bits per heavy atom. The number of rotatable bonds is 9. The summed E-state index contributed by atoms with van der Waals surface area (Å²) < 4.78 is 13.8. The van der Waals surface area contributed by atoms with Gasteiger partial charge in [-0.05, 0) is 35.2 Å². The SMILES string of the molecule is CS(=O)Nc1ccc(C(=O)N[C@@H](CC(=O)O)Cc2ccc(-c3ccccc3)cc2)cn1.O. The van der Waals surface area contributed by atoms with Gasteiger partial charge in [0.15, 0.2) is 0 Å². The molecule has 9 heteroatoms. The fourth-order valence-corrected chi connectivity index (χ4v) is 3.55. The highest BCUT2D eigenvalue weighted by molar-refractivity contribution is 7.85. The van der Waals surface area contributed by atoms with E-state index in [1.807, 2.05) is 54.6 Å². The number of hydrogen-bond acceptors (Lipinski definition) is 4. The van der Waals surface area contributed by atoms with Crippen LogP contribution in [0.3, 0.4) is 0 Å². The number of carbonyl (C=O) groups is 2. The Hall–Kier alpha value is -3.56. The maximum atomic E-state index is 12.6. The summed E-state index contributed by atoms with van der Waals surface area (Å²) in [5, 5.41) is 12.0. The molecule has 168 valence electrons. The molecule has 0 saturated carbocycles. The number of carbonyl (C=O) groups excluding carboxylic acids is 1. The average Bonchev–Trinajstić information content (AvgIpc) is 2.74. The first-order chi connectivity index (χ1) is 14.9. The third kappa shape index (κ3) is 7.29. The van der Waals surface area contributed by atoms with Crippen LogP contribution in [-0.2, 0) is 22.2 Å². The van der Waals surface area contributed by atoms with E-state index in [1.54, 1.807) is 12.1 Å². The number of pyridine rings is 1. The third-order valence-electron chi connectivity index (χ3n) is 4.57. The van der Waals surface area contributed by atoms with Crippen LogP contribution in [0.2, 0.25) is 0 Å². The van der Waals surface area contributed by atoms with Crippen molar-refractivity contribution in [2.45, 2.75) is 18.9 Å². The number of aromatic nitrogens is 1. The largest absolute Gasteiger partial charge is 0.481 e. The molecule has 0 aliphatic heterocycles. The van der Waals surface area contributed by atoms with Crippen LogP contribution < -0.4 is 10.0 Å². The van der Waals surface area contributed by atoms with Gasteiger partial charge in [-0.3, -0.25) is 14.3 Å². The molecular weight excluding hydrogens is 430 g/mol. The van der Waals surface area contributed by atoms with Crippen LogP contribution in [-0.4, -0.2) is 43.9 Å².